The van der Waals surface area contributed by atoms with Crippen LogP contribution in [0.4, 0.5) is 0 Å². The lowest BCUT2D eigenvalue weighted by molar-refractivity contribution is 0.196. The molecule has 1 N–H and O–H groups in total. The molecule has 1 fully saturated rings. The van der Waals surface area contributed by atoms with Crippen LogP contribution >= 0.6 is 15.9 Å². The molecule has 17 heavy (non-hydrogen) atoms. The molecule has 1 aromatic rings. The second-order valence-electron chi connectivity index (χ2n) is 4.54. The van der Waals surface area contributed by atoms with E-state index in [0.29, 0.717) is 0 Å². The van der Waals surface area contributed by atoms with Crippen molar-refractivity contribution in [3.63, 3.8) is 0 Å². The van der Waals surface area contributed by atoms with Crippen molar-refractivity contribution < 1.29 is 4.42 Å². The molecule has 1 aliphatic heterocycles. The summed E-state index contributed by atoms with van der Waals surface area (Å²) in [6.07, 6.45) is 0. The molecule has 0 unspecified atom stereocenters. The summed E-state index contributed by atoms with van der Waals surface area (Å²) >= 11 is 3.32. The SMILES string of the molecule is CN(CCN1CCNCC1)Cc1ccc(Br)o1. The van der Waals surface area contributed by atoms with Gasteiger partial charge in [-0.15, -0.1) is 0 Å². The van der Waals surface area contributed by atoms with Crippen LogP contribution in [0.1, 0.15) is 5.76 Å². The molecule has 1 aromatic heterocycles. The monoisotopic (exact) mass is 301 g/mol. The first-order chi connectivity index (χ1) is 8.24. The maximum Gasteiger partial charge on any atom is 0.169 e. The van der Waals surface area contributed by atoms with Gasteiger partial charge in [-0.2, -0.15) is 0 Å². The molecular weight excluding hydrogens is 282 g/mol. The average molecular weight is 302 g/mol. The van der Waals surface area contributed by atoms with Crippen molar-refractivity contribution in [3.05, 3.63) is 22.6 Å². The molecule has 5 heteroatoms. The molecule has 1 aliphatic rings. The number of hydrogen-bond donors (Lipinski definition) is 1. The number of hydrogen-bond acceptors (Lipinski definition) is 4. The lowest BCUT2D eigenvalue weighted by Crippen LogP contribution is -2.45. The van der Waals surface area contributed by atoms with Gasteiger partial charge in [-0.3, -0.25) is 9.80 Å². The molecule has 0 aromatic carbocycles. The first kappa shape index (κ1) is 13.1. The first-order valence-corrected chi connectivity index (χ1v) is 6.89. The largest absolute Gasteiger partial charge is 0.453 e. The zero-order valence-corrected chi connectivity index (χ0v) is 11.9. The minimum Gasteiger partial charge on any atom is -0.453 e. The van der Waals surface area contributed by atoms with Crippen LogP contribution in [0.3, 0.4) is 0 Å². The van der Waals surface area contributed by atoms with E-state index >= 15 is 0 Å². The van der Waals surface area contributed by atoms with E-state index in [1.54, 1.807) is 0 Å². The van der Waals surface area contributed by atoms with E-state index in [9.17, 15) is 0 Å². The Bertz CT molecular complexity index is 336. The van der Waals surface area contributed by atoms with E-state index in [1.165, 1.54) is 13.1 Å². The topological polar surface area (TPSA) is 31.6 Å². The summed E-state index contributed by atoms with van der Waals surface area (Å²) in [5.74, 6) is 1.01. The van der Waals surface area contributed by atoms with Crippen molar-refractivity contribution >= 4 is 15.9 Å². The third-order valence-corrected chi connectivity index (χ3v) is 3.49. The summed E-state index contributed by atoms with van der Waals surface area (Å²) in [5, 5.41) is 3.37. The quantitative estimate of drug-likeness (QED) is 0.890. The minimum atomic E-state index is 0.808. The van der Waals surface area contributed by atoms with Gasteiger partial charge in [0.05, 0.1) is 6.54 Å². The van der Waals surface area contributed by atoms with E-state index in [1.807, 2.05) is 12.1 Å². The Balaban J connectivity index is 1.68. The van der Waals surface area contributed by atoms with Gasteiger partial charge in [0.15, 0.2) is 4.67 Å². The average Bonchev–Trinajstić information content (AvgIpc) is 2.73. The van der Waals surface area contributed by atoms with Gasteiger partial charge in [-0.1, -0.05) is 0 Å². The van der Waals surface area contributed by atoms with Crippen LogP contribution in [-0.2, 0) is 6.54 Å². The first-order valence-electron chi connectivity index (χ1n) is 6.10. The molecule has 2 rings (SSSR count). The van der Waals surface area contributed by atoms with E-state index in [4.69, 9.17) is 4.42 Å². The molecule has 0 saturated carbocycles. The van der Waals surface area contributed by atoms with Crippen molar-refractivity contribution in [1.82, 2.24) is 15.1 Å². The van der Waals surface area contributed by atoms with Gasteiger partial charge >= 0.3 is 0 Å². The maximum atomic E-state index is 5.50. The maximum absolute atomic E-state index is 5.50. The van der Waals surface area contributed by atoms with Crippen LogP contribution in [-0.4, -0.2) is 56.1 Å². The van der Waals surface area contributed by atoms with Gasteiger partial charge in [0.2, 0.25) is 0 Å². The second-order valence-corrected chi connectivity index (χ2v) is 5.32. The Morgan fingerprint density at radius 2 is 2.18 bits per heavy atom. The number of nitrogens with zero attached hydrogens (tertiary/aromatic N) is 2. The molecule has 2 heterocycles. The summed E-state index contributed by atoms with van der Waals surface area (Å²) in [7, 11) is 2.14. The van der Waals surface area contributed by atoms with Gasteiger partial charge in [0, 0.05) is 39.3 Å². The Labute approximate surface area is 111 Å². The van der Waals surface area contributed by atoms with Crippen LogP contribution in [0.25, 0.3) is 0 Å². The lowest BCUT2D eigenvalue weighted by Gasteiger charge is -2.28. The molecule has 1 saturated heterocycles. The number of nitrogens with one attached hydrogen (secondary N) is 1. The van der Waals surface area contributed by atoms with E-state index in [2.05, 4.69) is 38.1 Å². The van der Waals surface area contributed by atoms with Gasteiger partial charge in [-0.05, 0) is 35.1 Å². The molecule has 0 atom stereocenters. The summed E-state index contributed by atoms with van der Waals surface area (Å²) < 4.78 is 6.31. The molecule has 0 amide bonds. The summed E-state index contributed by atoms with van der Waals surface area (Å²) in [6, 6.07) is 3.96. The highest BCUT2D eigenvalue weighted by Gasteiger charge is 2.10. The van der Waals surface area contributed by atoms with Crippen LogP contribution in [0, 0.1) is 0 Å². The fourth-order valence-corrected chi connectivity index (χ4v) is 2.37. The molecule has 0 aliphatic carbocycles. The fraction of sp³-hybridized carbons (Fsp3) is 0.667. The molecule has 4 nitrogen and oxygen atoms in total. The molecule has 96 valence electrons. The highest BCUT2D eigenvalue weighted by atomic mass is 79.9. The van der Waals surface area contributed by atoms with Crippen LogP contribution < -0.4 is 5.32 Å². The van der Waals surface area contributed by atoms with Gasteiger partial charge in [-0.25, -0.2) is 0 Å². The lowest BCUT2D eigenvalue weighted by atomic mass is 10.3. The molecule has 0 spiro atoms. The van der Waals surface area contributed by atoms with Crippen molar-refractivity contribution in [2.75, 3.05) is 46.3 Å². The number of piperazine rings is 1. The normalized spacial score (nSPS) is 17.8. The minimum absolute atomic E-state index is 0.808. The van der Waals surface area contributed by atoms with Crippen molar-refractivity contribution in [2.24, 2.45) is 0 Å². The predicted octanol–water partition coefficient (Wildman–Crippen LogP) is 1.38. The highest BCUT2D eigenvalue weighted by Crippen LogP contribution is 2.15. The Kier molecular flexibility index (Phi) is 5.03. The number of likely N-dealkylation sites (N-methyl/N-ethyl adjacent to an activating group) is 1. The van der Waals surface area contributed by atoms with Gasteiger partial charge < -0.3 is 9.73 Å². The molecule has 0 bridgehead atoms. The Morgan fingerprint density at radius 3 is 2.82 bits per heavy atom. The zero-order valence-electron chi connectivity index (χ0n) is 10.3. The second kappa shape index (κ2) is 6.54. The van der Waals surface area contributed by atoms with Crippen LogP contribution in [0.15, 0.2) is 21.2 Å². The van der Waals surface area contributed by atoms with Crippen molar-refractivity contribution in [1.29, 1.82) is 0 Å². The number of rotatable bonds is 5. The van der Waals surface area contributed by atoms with Crippen molar-refractivity contribution in [3.8, 4) is 0 Å². The van der Waals surface area contributed by atoms with Crippen LogP contribution in [0.2, 0.25) is 0 Å². The number of furan rings is 1. The van der Waals surface area contributed by atoms with Crippen LogP contribution in [0.5, 0.6) is 0 Å². The van der Waals surface area contributed by atoms with E-state index < -0.39 is 0 Å². The summed E-state index contributed by atoms with van der Waals surface area (Å²) in [5.41, 5.74) is 0. The summed E-state index contributed by atoms with van der Waals surface area (Å²) in [6.45, 7) is 7.67. The van der Waals surface area contributed by atoms with Gasteiger partial charge in [0.1, 0.15) is 5.76 Å². The predicted molar refractivity (Wildman–Crippen MR) is 72.1 cm³/mol. The third-order valence-electron chi connectivity index (χ3n) is 3.06. The Hall–Kier alpha value is -0.360. The summed E-state index contributed by atoms with van der Waals surface area (Å²) in [4.78, 5) is 4.80. The fourth-order valence-electron chi connectivity index (χ4n) is 2.03. The third kappa shape index (κ3) is 4.43. The zero-order chi connectivity index (χ0) is 12.1. The molecular formula is C12H20BrN3O. The van der Waals surface area contributed by atoms with E-state index in [-0.39, 0.29) is 0 Å². The number of halogens is 1. The molecule has 0 radical (unpaired) electrons. The standard InChI is InChI=1S/C12H20BrN3O/c1-15(10-11-2-3-12(13)17-11)8-9-16-6-4-14-5-7-16/h2-3,14H,4-10H2,1H3. The highest BCUT2D eigenvalue weighted by molar-refractivity contribution is 9.10. The van der Waals surface area contributed by atoms with Gasteiger partial charge in [0.25, 0.3) is 0 Å². The Morgan fingerprint density at radius 1 is 1.41 bits per heavy atom. The van der Waals surface area contributed by atoms with E-state index in [0.717, 1.165) is 43.2 Å². The van der Waals surface area contributed by atoms with Crippen molar-refractivity contribution in [2.45, 2.75) is 6.54 Å². The smallest absolute Gasteiger partial charge is 0.169 e.